The molecule has 0 fully saturated rings. The summed E-state index contributed by atoms with van der Waals surface area (Å²) in [5.74, 6) is 1.60. The van der Waals surface area contributed by atoms with E-state index in [1.165, 1.54) is 0 Å². The Morgan fingerprint density at radius 2 is 1.43 bits per heavy atom. The second kappa shape index (κ2) is 5.54. The number of H-pyrrole nitrogens is 1. The minimum atomic E-state index is 0.722. The van der Waals surface area contributed by atoms with E-state index in [0.29, 0.717) is 0 Å². The number of benzene rings is 3. The van der Waals surface area contributed by atoms with Gasteiger partial charge in [0.05, 0.1) is 5.69 Å². The Morgan fingerprint density at radius 1 is 0.739 bits per heavy atom. The smallest absolute Gasteiger partial charge is 0.160 e. The van der Waals surface area contributed by atoms with Crippen molar-refractivity contribution >= 4 is 16.6 Å². The second-order valence-electron chi connectivity index (χ2n) is 5.41. The van der Waals surface area contributed by atoms with E-state index in [-0.39, 0.29) is 0 Å². The van der Waals surface area contributed by atoms with Crippen molar-refractivity contribution in [1.29, 1.82) is 0 Å². The van der Waals surface area contributed by atoms with E-state index in [1.807, 2.05) is 54.6 Å². The maximum absolute atomic E-state index is 6.19. The Labute approximate surface area is 134 Å². The Kier molecular flexibility index (Phi) is 3.24. The molecule has 0 unspecified atom stereocenters. The van der Waals surface area contributed by atoms with E-state index >= 15 is 0 Å². The van der Waals surface area contributed by atoms with Crippen molar-refractivity contribution in [3.8, 4) is 22.8 Å². The van der Waals surface area contributed by atoms with E-state index in [4.69, 9.17) is 10.5 Å². The summed E-state index contributed by atoms with van der Waals surface area (Å²) in [6.45, 7) is 0. The molecule has 0 spiro atoms. The normalized spacial score (nSPS) is 10.8. The molecule has 0 aliphatic heterocycles. The van der Waals surface area contributed by atoms with Crippen LogP contribution in [0.25, 0.3) is 22.2 Å². The van der Waals surface area contributed by atoms with E-state index in [1.54, 1.807) is 0 Å². The van der Waals surface area contributed by atoms with Gasteiger partial charge >= 0.3 is 0 Å². The highest BCUT2D eigenvalue weighted by molar-refractivity contribution is 5.94. The summed E-state index contributed by atoms with van der Waals surface area (Å²) >= 11 is 0. The van der Waals surface area contributed by atoms with Crippen molar-refractivity contribution in [2.45, 2.75) is 0 Å². The number of aromatic amines is 1. The quantitative estimate of drug-likeness (QED) is 0.510. The van der Waals surface area contributed by atoms with E-state index in [2.05, 4.69) is 29.2 Å². The van der Waals surface area contributed by atoms with E-state index < -0.39 is 0 Å². The monoisotopic (exact) mass is 300 g/mol. The number of rotatable bonds is 3. The van der Waals surface area contributed by atoms with Crippen LogP contribution in [0.1, 0.15) is 0 Å². The van der Waals surface area contributed by atoms with E-state index in [0.717, 1.165) is 39.3 Å². The van der Waals surface area contributed by atoms with Gasteiger partial charge in [0.2, 0.25) is 0 Å². The molecule has 0 saturated heterocycles. The van der Waals surface area contributed by atoms with Gasteiger partial charge in [0.15, 0.2) is 5.75 Å². The van der Waals surface area contributed by atoms with Gasteiger partial charge in [0, 0.05) is 22.2 Å². The highest BCUT2D eigenvalue weighted by Crippen LogP contribution is 2.39. The number of hydrogen-bond donors (Lipinski definition) is 2. The van der Waals surface area contributed by atoms with Gasteiger partial charge in [0.25, 0.3) is 0 Å². The number of fused-ring (bicyclic) bond motifs is 1. The van der Waals surface area contributed by atoms with Crippen LogP contribution in [0.4, 0.5) is 5.69 Å². The SMILES string of the molecule is Nc1ccc(Oc2c(-c3ccccc3)[nH]c3ccccc23)cc1. The first-order valence-corrected chi connectivity index (χ1v) is 7.51. The molecule has 0 saturated carbocycles. The minimum absolute atomic E-state index is 0.722. The summed E-state index contributed by atoms with van der Waals surface area (Å²) in [5.41, 5.74) is 9.59. The van der Waals surface area contributed by atoms with Gasteiger partial charge in [-0.05, 0) is 36.4 Å². The molecule has 0 bridgehead atoms. The third kappa shape index (κ3) is 2.53. The molecule has 0 aliphatic rings. The topological polar surface area (TPSA) is 51.0 Å². The van der Waals surface area contributed by atoms with Gasteiger partial charge in [-0.3, -0.25) is 0 Å². The summed E-state index contributed by atoms with van der Waals surface area (Å²) in [7, 11) is 0. The average molecular weight is 300 g/mol. The van der Waals surface area contributed by atoms with Gasteiger partial charge < -0.3 is 15.5 Å². The van der Waals surface area contributed by atoms with Gasteiger partial charge in [-0.15, -0.1) is 0 Å². The summed E-state index contributed by atoms with van der Waals surface area (Å²) in [6, 6.07) is 25.8. The van der Waals surface area contributed by atoms with Gasteiger partial charge in [0.1, 0.15) is 5.75 Å². The number of ether oxygens (including phenoxy) is 1. The number of nitrogens with one attached hydrogen (secondary N) is 1. The first kappa shape index (κ1) is 13.5. The summed E-state index contributed by atoms with van der Waals surface area (Å²) in [6.07, 6.45) is 0. The third-order valence-electron chi connectivity index (χ3n) is 3.82. The fourth-order valence-corrected chi connectivity index (χ4v) is 2.68. The summed E-state index contributed by atoms with van der Waals surface area (Å²) in [5, 5.41) is 1.06. The van der Waals surface area contributed by atoms with Crippen molar-refractivity contribution < 1.29 is 4.74 Å². The molecule has 0 amide bonds. The van der Waals surface area contributed by atoms with Crippen LogP contribution in [-0.4, -0.2) is 4.98 Å². The number of hydrogen-bond acceptors (Lipinski definition) is 2. The number of nitrogens with two attached hydrogens (primary N) is 1. The maximum atomic E-state index is 6.19. The number of para-hydroxylation sites is 1. The summed E-state index contributed by atoms with van der Waals surface area (Å²) in [4.78, 5) is 3.46. The third-order valence-corrected chi connectivity index (χ3v) is 3.82. The van der Waals surface area contributed by atoms with Crippen LogP contribution < -0.4 is 10.5 Å². The van der Waals surface area contributed by atoms with Crippen molar-refractivity contribution in [1.82, 2.24) is 4.98 Å². The number of anilines is 1. The highest BCUT2D eigenvalue weighted by atomic mass is 16.5. The second-order valence-corrected chi connectivity index (χ2v) is 5.41. The molecular weight excluding hydrogens is 284 g/mol. The molecule has 3 nitrogen and oxygen atoms in total. The zero-order valence-electron chi connectivity index (χ0n) is 12.5. The van der Waals surface area contributed by atoms with Crippen molar-refractivity contribution in [3.63, 3.8) is 0 Å². The lowest BCUT2D eigenvalue weighted by Crippen LogP contribution is -1.88. The molecule has 3 aromatic carbocycles. The lowest BCUT2D eigenvalue weighted by atomic mass is 10.1. The predicted molar refractivity (Wildman–Crippen MR) is 94.7 cm³/mol. The Balaban J connectivity index is 1.87. The molecular formula is C20H16N2O. The largest absolute Gasteiger partial charge is 0.454 e. The molecule has 3 heteroatoms. The van der Waals surface area contributed by atoms with Gasteiger partial charge in [-0.1, -0.05) is 42.5 Å². The number of aromatic nitrogens is 1. The minimum Gasteiger partial charge on any atom is -0.454 e. The zero-order chi connectivity index (χ0) is 15.6. The van der Waals surface area contributed by atoms with Crippen LogP contribution in [0.15, 0.2) is 78.9 Å². The fraction of sp³-hybridized carbons (Fsp3) is 0. The molecule has 0 radical (unpaired) electrons. The van der Waals surface area contributed by atoms with Gasteiger partial charge in [-0.2, -0.15) is 0 Å². The number of nitrogen functional groups attached to an aromatic ring is 1. The molecule has 23 heavy (non-hydrogen) atoms. The molecule has 4 aromatic rings. The predicted octanol–water partition coefficient (Wildman–Crippen LogP) is 5.21. The lowest BCUT2D eigenvalue weighted by molar-refractivity contribution is 0.490. The molecule has 4 rings (SSSR count). The molecule has 1 aromatic heterocycles. The Morgan fingerprint density at radius 3 is 2.22 bits per heavy atom. The molecule has 112 valence electrons. The lowest BCUT2D eigenvalue weighted by Gasteiger charge is -2.08. The average Bonchev–Trinajstić information content (AvgIpc) is 2.96. The first-order chi connectivity index (χ1) is 11.3. The molecule has 0 aliphatic carbocycles. The fourth-order valence-electron chi connectivity index (χ4n) is 2.68. The summed E-state index contributed by atoms with van der Waals surface area (Å²) < 4.78 is 6.19. The van der Waals surface area contributed by atoms with Gasteiger partial charge in [-0.25, -0.2) is 0 Å². The van der Waals surface area contributed by atoms with Crippen LogP contribution in [0.2, 0.25) is 0 Å². The Bertz CT molecular complexity index is 940. The standard InChI is InChI=1S/C20H16N2O/c21-15-10-12-16(13-11-15)23-20-17-8-4-5-9-18(17)22-19(20)14-6-2-1-3-7-14/h1-13,22H,21H2. The van der Waals surface area contributed by atoms with E-state index in [9.17, 15) is 0 Å². The van der Waals surface area contributed by atoms with Crippen molar-refractivity contribution in [2.24, 2.45) is 0 Å². The van der Waals surface area contributed by atoms with Crippen molar-refractivity contribution in [3.05, 3.63) is 78.9 Å². The van der Waals surface area contributed by atoms with Crippen LogP contribution in [0, 0.1) is 0 Å². The molecule has 1 heterocycles. The van der Waals surface area contributed by atoms with Crippen LogP contribution >= 0.6 is 0 Å². The van der Waals surface area contributed by atoms with Crippen LogP contribution in [-0.2, 0) is 0 Å². The first-order valence-electron chi connectivity index (χ1n) is 7.51. The van der Waals surface area contributed by atoms with Crippen LogP contribution in [0.5, 0.6) is 11.5 Å². The Hall–Kier alpha value is -3.20. The van der Waals surface area contributed by atoms with Crippen molar-refractivity contribution in [2.75, 3.05) is 5.73 Å². The maximum Gasteiger partial charge on any atom is 0.160 e. The molecule has 3 N–H and O–H groups in total. The molecule has 0 atom stereocenters. The zero-order valence-corrected chi connectivity index (χ0v) is 12.5. The van der Waals surface area contributed by atoms with Crippen LogP contribution in [0.3, 0.4) is 0 Å². The highest BCUT2D eigenvalue weighted by Gasteiger charge is 2.15.